The lowest BCUT2D eigenvalue weighted by Gasteiger charge is -2.11. The molecule has 0 aromatic heterocycles. The molecule has 0 aliphatic carbocycles. The summed E-state index contributed by atoms with van der Waals surface area (Å²) in [4.78, 5) is 0. The average molecular weight is 397 g/mol. The largest absolute Gasteiger partial charge is 0.497 e. The molecule has 0 bridgehead atoms. The fraction of sp³-hybridized carbons (Fsp3) is 0.133. The van der Waals surface area contributed by atoms with E-state index in [2.05, 4.69) is 37.9 Å². The summed E-state index contributed by atoms with van der Waals surface area (Å²) in [6, 6.07) is 13.2. The Morgan fingerprint density at radius 3 is 2.20 bits per heavy atom. The van der Waals surface area contributed by atoms with Gasteiger partial charge in [-0.05, 0) is 61.7 Å². The summed E-state index contributed by atoms with van der Waals surface area (Å²) in [5.74, 6) is 1.49. The zero-order valence-corrected chi connectivity index (χ0v) is 13.9. The van der Waals surface area contributed by atoms with E-state index >= 15 is 0 Å². The highest BCUT2D eigenvalue weighted by molar-refractivity contribution is 9.11. The molecule has 0 atom stereocenters. The quantitative estimate of drug-likeness (QED) is 0.753. The predicted molar refractivity (Wildman–Crippen MR) is 83.9 cm³/mol. The second kappa shape index (κ2) is 6.78. The summed E-state index contributed by atoms with van der Waals surface area (Å²) in [6.07, 6.45) is 0. The molecule has 0 saturated heterocycles. The SMILES string of the molecule is COc1ccc(COc2c(Br)cc(C#N)cc2Br)cc1. The van der Waals surface area contributed by atoms with Crippen molar-refractivity contribution < 1.29 is 9.47 Å². The number of ether oxygens (including phenoxy) is 2. The number of hydrogen-bond donors (Lipinski definition) is 0. The topological polar surface area (TPSA) is 42.2 Å². The van der Waals surface area contributed by atoms with Gasteiger partial charge in [-0.2, -0.15) is 5.26 Å². The number of rotatable bonds is 4. The Kier molecular flexibility index (Phi) is 5.05. The molecule has 0 spiro atoms. The second-order valence-electron chi connectivity index (χ2n) is 4.02. The average Bonchev–Trinajstić information content (AvgIpc) is 2.46. The van der Waals surface area contributed by atoms with Crippen molar-refractivity contribution in [2.45, 2.75) is 6.61 Å². The summed E-state index contributed by atoms with van der Waals surface area (Å²) in [5, 5.41) is 8.89. The van der Waals surface area contributed by atoms with Gasteiger partial charge >= 0.3 is 0 Å². The Labute approximate surface area is 134 Å². The maximum atomic E-state index is 8.89. The lowest BCUT2D eigenvalue weighted by molar-refractivity contribution is 0.302. The van der Waals surface area contributed by atoms with Gasteiger partial charge in [0.05, 0.1) is 27.7 Å². The standard InChI is InChI=1S/C15H11Br2NO2/c1-19-12-4-2-10(3-5-12)9-20-15-13(16)6-11(8-18)7-14(15)17/h2-7H,9H2,1H3. The van der Waals surface area contributed by atoms with E-state index in [0.717, 1.165) is 20.3 Å². The van der Waals surface area contributed by atoms with E-state index in [9.17, 15) is 0 Å². The Morgan fingerprint density at radius 1 is 1.10 bits per heavy atom. The maximum Gasteiger partial charge on any atom is 0.148 e. The molecule has 0 saturated carbocycles. The minimum absolute atomic E-state index is 0.438. The van der Waals surface area contributed by atoms with Crippen LogP contribution in [-0.2, 0) is 6.61 Å². The van der Waals surface area contributed by atoms with Gasteiger partial charge in [0, 0.05) is 0 Å². The van der Waals surface area contributed by atoms with E-state index in [4.69, 9.17) is 14.7 Å². The fourth-order valence-electron chi connectivity index (χ4n) is 1.64. The van der Waals surface area contributed by atoms with Gasteiger partial charge in [-0.25, -0.2) is 0 Å². The molecule has 0 aliphatic heterocycles. The third-order valence-electron chi connectivity index (χ3n) is 2.67. The number of halogens is 2. The second-order valence-corrected chi connectivity index (χ2v) is 5.73. The number of methoxy groups -OCH3 is 1. The van der Waals surface area contributed by atoms with Crippen LogP contribution in [-0.4, -0.2) is 7.11 Å². The van der Waals surface area contributed by atoms with E-state index in [1.807, 2.05) is 24.3 Å². The minimum Gasteiger partial charge on any atom is -0.497 e. The van der Waals surface area contributed by atoms with Crippen LogP contribution in [0.25, 0.3) is 0 Å². The predicted octanol–water partition coefficient (Wildman–Crippen LogP) is 4.67. The molecule has 0 aliphatic rings. The first-order valence-corrected chi connectivity index (χ1v) is 7.37. The molecule has 0 N–H and O–H groups in total. The summed E-state index contributed by atoms with van der Waals surface area (Å²) in [7, 11) is 1.64. The first-order valence-electron chi connectivity index (χ1n) is 5.79. The van der Waals surface area contributed by atoms with Gasteiger partial charge in [-0.15, -0.1) is 0 Å². The summed E-state index contributed by atoms with van der Waals surface area (Å²) < 4.78 is 12.4. The van der Waals surface area contributed by atoms with Crippen LogP contribution in [0.5, 0.6) is 11.5 Å². The highest BCUT2D eigenvalue weighted by Gasteiger charge is 2.09. The third-order valence-corrected chi connectivity index (χ3v) is 3.85. The Hall–Kier alpha value is -1.51. The molecule has 20 heavy (non-hydrogen) atoms. The van der Waals surface area contributed by atoms with Gasteiger partial charge in [-0.3, -0.25) is 0 Å². The van der Waals surface area contributed by atoms with Crippen LogP contribution >= 0.6 is 31.9 Å². The van der Waals surface area contributed by atoms with Crippen molar-refractivity contribution >= 4 is 31.9 Å². The van der Waals surface area contributed by atoms with Crippen LogP contribution in [0.2, 0.25) is 0 Å². The highest BCUT2D eigenvalue weighted by atomic mass is 79.9. The molecule has 0 radical (unpaired) electrons. The van der Waals surface area contributed by atoms with Crippen molar-refractivity contribution in [1.82, 2.24) is 0 Å². The number of nitrogens with zero attached hydrogens (tertiary/aromatic N) is 1. The van der Waals surface area contributed by atoms with Crippen LogP contribution in [0.15, 0.2) is 45.3 Å². The number of nitriles is 1. The van der Waals surface area contributed by atoms with Crippen LogP contribution in [0.1, 0.15) is 11.1 Å². The zero-order valence-electron chi connectivity index (χ0n) is 10.7. The molecule has 0 amide bonds. The lowest BCUT2D eigenvalue weighted by atomic mass is 10.2. The van der Waals surface area contributed by atoms with Crippen molar-refractivity contribution in [1.29, 1.82) is 5.26 Å². The number of benzene rings is 2. The normalized spacial score (nSPS) is 9.90. The molecular weight excluding hydrogens is 386 g/mol. The van der Waals surface area contributed by atoms with Crippen molar-refractivity contribution in [3.8, 4) is 17.6 Å². The summed E-state index contributed by atoms with van der Waals surface area (Å²) in [6.45, 7) is 0.438. The van der Waals surface area contributed by atoms with Crippen molar-refractivity contribution in [2.75, 3.05) is 7.11 Å². The van der Waals surface area contributed by atoms with E-state index in [-0.39, 0.29) is 0 Å². The first kappa shape index (κ1) is 14.9. The highest BCUT2D eigenvalue weighted by Crippen LogP contribution is 2.35. The van der Waals surface area contributed by atoms with Crippen LogP contribution in [0.4, 0.5) is 0 Å². The molecule has 0 heterocycles. The first-order chi connectivity index (χ1) is 9.63. The molecule has 0 unspecified atom stereocenters. The Bertz CT molecular complexity index is 625. The smallest absolute Gasteiger partial charge is 0.148 e. The molecule has 102 valence electrons. The van der Waals surface area contributed by atoms with E-state index in [1.54, 1.807) is 19.2 Å². The summed E-state index contributed by atoms with van der Waals surface area (Å²) >= 11 is 6.82. The fourth-order valence-corrected chi connectivity index (χ4v) is 3.05. The Balaban J connectivity index is 2.12. The van der Waals surface area contributed by atoms with Gasteiger partial charge in [0.25, 0.3) is 0 Å². The Morgan fingerprint density at radius 2 is 1.70 bits per heavy atom. The summed E-state index contributed by atoms with van der Waals surface area (Å²) in [5.41, 5.74) is 1.61. The van der Waals surface area contributed by atoms with E-state index in [1.165, 1.54) is 0 Å². The maximum absolute atomic E-state index is 8.89. The molecule has 2 aromatic carbocycles. The molecule has 5 heteroatoms. The molecule has 3 nitrogen and oxygen atoms in total. The number of hydrogen-bond acceptors (Lipinski definition) is 3. The van der Waals surface area contributed by atoms with Crippen LogP contribution in [0.3, 0.4) is 0 Å². The van der Waals surface area contributed by atoms with Crippen molar-refractivity contribution in [3.05, 3.63) is 56.5 Å². The van der Waals surface area contributed by atoms with Gasteiger partial charge in [0.2, 0.25) is 0 Å². The lowest BCUT2D eigenvalue weighted by Crippen LogP contribution is -1.97. The van der Waals surface area contributed by atoms with Gasteiger partial charge in [-0.1, -0.05) is 12.1 Å². The van der Waals surface area contributed by atoms with E-state index < -0.39 is 0 Å². The molecule has 0 fully saturated rings. The molecule has 2 aromatic rings. The van der Waals surface area contributed by atoms with E-state index in [0.29, 0.717) is 17.9 Å². The van der Waals surface area contributed by atoms with Gasteiger partial charge in [0.15, 0.2) is 0 Å². The monoisotopic (exact) mass is 395 g/mol. The van der Waals surface area contributed by atoms with Crippen LogP contribution in [0, 0.1) is 11.3 Å². The minimum atomic E-state index is 0.438. The molecular formula is C15H11Br2NO2. The zero-order chi connectivity index (χ0) is 14.5. The van der Waals surface area contributed by atoms with Crippen molar-refractivity contribution in [3.63, 3.8) is 0 Å². The van der Waals surface area contributed by atoms with Crippen LogP contribution < -0.4 is 9.47 Å². The van der Waals surface area contributed by atoms with Crippen molar-refractivity contribution in [2.24, 2.45) is 0 Å². The third kappa shape index (κ3) is 3.53. The van der Waals surface area contributed by atoms with Gasteiger partial charge < -0.3 is 9.47 Å². The molecule has 2 rings (SSSR count). The van der Waals surface area contributed by atoms with Gasteiger partial charge in [0.1, 0.15) is 18.1 Å².